The van der Waals surface area contributed by atoms with Crippen molar-refractivity contribution < 1.29 is 28.6 Å². The van der Waals surface area contributed by atoms with E-state index in [-0.39, 0.29) is 22.7 Å². The molecule has 3 rings (SSSR count). The molecule has 0 saturated carbocycles. The van der Waals surface area contributed by atoms with E-state index in [1.165, 1.54) is 32.4 Å². The number of esters is 2. The first kappa shape index (κ1) is 17.5. The highest BCUT2D eigenvalue weighted by molar-refractivity contribution is 6.00. The summed E-state index contributed by atoms with van der Waals surface area (Å²) >= 11 is 0. The molecule has 7 nitrogen and oxygen atoms in total. The Kier molecular flexibility index (Phi) is 4.88. The van der Waals surface area contributed by atoms with Crippen LogP contribution >= 0.6 is 0 Å². The highest BCUT2D eigenvalue weighted by atomic mass is 16.5. The molecule has 26 heavy (non-hydrogen) atoms. The van der Waals surface area contributed by atoms with Crippen molar-refractivity contribution in [1.29, 1.82) is 0 Å². The predicted molar refractivity (Wildman–Crippen MR) is 92.3 cm³/mol. The molecule has 0 fully saturated rings. The molecule has 0 radical (unpaired) electrons. The first-order chi connectivity index (χ1) is 12.5. The van der Waals surface area contributed by atoms with Gasteiger partial charge in [0.25, 0.3) is 5.91 Å². The van der Waals surface area contributed by atoms with E-state index in [9.17, 15) is 14.4 Å². The molecule has 1 atom stereocenters. The van der Waals surface area contributed by atoms with Gasteiger partial charge in [-0.25, -0.2) is 9.59 Å². The maximum atomic E-state index is 12.5. The fourth-order valence-electron chi connectivity index (χ4n) is 2.72. The number of hydrogen-bond donors (Lipinski definition) is 1. The van der Waals surface area contributed by atoms with Crippen LogP contribution in [0.15, 0.2) is 42.5 Å². The Morgan fingerprint density at radius 2 is 1.62 bits per heavy atom. The van der Waals surface area contributed by atoms with Crippen LogP contribution in [0.25, 0.3) is 0 Å². The summed E-state index contributed by atoms with van der Waals surface area (Å²) in [7, 11) is 2.46. The van der Waals surface area contributed by atoms with E-state index in [1.807, 2.05) is 18.2 Å². The Hall–Kier alpha value is -3.35. The Morgan fingerprint density at radius 3 is 2.19 bits per heavy atom. The first-order valence-corrected chi connectivity index (χ1v) is 7.89. The summed E-state index contributed by atoms with van der Waals surface area (Å²) in [6.45, 7) is 0. The minimum absolute atomic E-state index is 0.126. The van der Waals surface area contributed by atoms with Gasteiger partial charge in [-0.2, -0.15) is 0 Å². The van der Waals surface area contributed by atoms with Crippen molar-refractivity contribution in [2.45, 2.75) is 12.5 Å². The summed E-state index contributed by atoms with van der Waals surface area (Å²) in [5.41, 5.74) is 1.48. The Bertz CT molecular complexity index is 817. The van der Waals surface area contributed by atoms with Crippen LogP contribution in [0.5, 0.6) is 5.75 Å². The molecular formula is C19H17NO6. The topological polar surface area (TPSA) is 90.9 Å². The molecule has 0 spiro atoms. The van der Waals surface area contributed by atoms with Crippen LogP contribution in [0, 0.1) is 0 Å². The van der Waals surface area contributed by atoms with Gasteiger partial charge in [-0.05, 0) is 29.8 Å². The molecule has 1 aliphatic heterocycles. The number of amides is 1. The van der Waals surface area contributed by atoms with Gasteiger partial charge in [0, 0.05) is 12.1 Å². The van der Waals surface area contributed by atoms with E-state index in [1.54, 1.807) is 6.07 Å². The molecule has 1 N–H and O–H groups in total. The van der Waals surface area contributed by atoms with Crippen molar-refractivity contribution in [3.8, 4) is 5.75 Å². The standard InChI is InChI=1S/C19H17NO6/c1-24-18(22)12-7-13(19(23)25-2)9-14(8-12)20-17(21)16-10-11-5-3-4-6-15(11)26-16/h3-9,16H,10H2,1-2H3,(H,20,21). The number of carbonyl (C=O) groups is 3. The largest absolute Gasteiger partial charge is 0.480 e. The van der Waals surface area contributed by atoms with Crippen molar-refractivity contribution in [2.75, 3.05) is 19.5 Å². The number of rotatable bonds is 4. The van der Waals surface area contributed by atoms with E-state index in [2.05, 4.69) is 14.8 Å². The third kappa shape index (κ3) is 3.51. The molecule has 134 valence electrons. The second-order valence-electron chi connectivity index (χ2n) is 5.69. The lowest BCUT2D eigenvalue weighted by Gasteiger charge is -2.13. The molecule has 0 aliphatic carbocycles. The second-order valence-corrected chi connectivity index (χ2v) is 5.69. The maximum absolute atomic E-state index is 12.5. The van der Waals surface area contributed by atoms with Gasteiger partial charge in [0.1, 0.15) is 5.75 Å². The fourth-order valence-corrected chi connectivity index (χ4v) is 2.72. The first-order valence-electron chi connectivity index (χ1n) is 7.89. The van der Waals surface area contributed by atoms with E-state index >= 15 is 0 Å². The van der Waals surface area contributed by atoms with Crippen LogP contribution in [-0.4, -0.2) is 38.2 Å². The lowest BCUT2D eigenvalue weighted by Crippen LogP contribution is -2.31. The van der Waals surface area contributed by atoms with Gasteiger partial charge in [0.2, 0.25) is 0 Å². The smallest absolute Gasteiger partial charge is 0.337 e. The third-order valence-corrected chi connectivity index (χ3v) is 3.98. The number of carbonyl (C=O) groups excluding carboxylic acids is 3. The Morgan fingerprint density at radius 1 is 1.00 bits per heavy atom. The molecule has 2 aromatic rings. The monoisotopic (exact) mass is 355 g/mol. The summed E-state index contributed by atoms with van der Waals surface area (Å²) in [4.78, 5) is 36.1. The van der Waals surface area contributed by atoms with Crippen LogP contribution < -0.4 is 10.1 Å². The zero-order valence-corrected chi connectivity index (χ0v) is 14.3. The molecule has 1 heterocycles. The van der Waals surface area contributed by atoms with E-state index < -0.39 is 18.0 Å². The molecule has 1 aliphatic rings. The summed E-state index contributed by atoms with van der Waals surface area (Å²) in [6, 6.07) is 11.6. The third-order valence-electron chi connectivity index (χ3n) is 3.98. The highest BCUT2D eigenvalue weighted by Crippen LogP contribution is 2.29. The molecular weight excluding hydrogens is 338 g/mol. The molecule has 0 aromatic heterocycles. The van der Waals surface area contributed by atoms with E-state index in [0.717, 1.165) is 5.56 Å². The predicted octanol–water partition coefficient (Wildman–Crippen LogP) is 2.20. The van der Waals surface area contributed by atoms with Gasteiger partial charge < -0.3 is 19.5 Å². The number of anilines is 1. The van der Waals surface area contributed by atoms with Crippen LogP contribution in [0.2, 0.25) is 0 Å². The zero-order valence-electron chi connectivity index (χ0n) is 14.3. The molecule has 0 saturated heterocycles. The molecule has 1 amide bonds. The molecule has 7 heteroatoms. The highest BCUT2D eigenvalue weighted by Gasteiger charge is 2.29. The average molecular weight is 355 g/mol. The van der Waals surface area contributed by atoms with Gasteiger partial charge in [-0.1, -0.05) is 18.2 Å². The number of ether oxygens (including phenoxy) is 3. The summed E-state index contributed by atoms with van der Waals surface area (Å²) < 4.78 is 15.0. The number of methoxy groups -OCH3 is 2. The van der Waals surface area contributed by atoms with Crippen molar-refractivity contribution in [2.24, 2.45) is 0 Å². The van der Waals surface area contributed by atoms with Crippen molar-refractivity contribution in [3.63, 3.8) is 0 Å². The summed E-state index contributed by atoms with van der Waals surface area (Å²) in [6.07, 6.45) is -0.237. The van der Waals surface area contributed by atoms with Crippen LogP contribution in [0.1, 0.15) is 26.3 Å². The Labute approximate surface area is 149 Å². The van der Waals surface area contributed by atoms with Crippen molar-refractivity contribution >= 4 is 23.5 Å². The number of hydrogen-bond acceptors (Lipinski definition) is 6. The van der Waals surface area contributed by atoms with E-state index in [4.69, 9.17) is 4.74 Å². The maximum Gasteiger partial charge on any atom is 0.337 e. The number of para-hydroxylation sites is 1. The lowest BCUT2D eigenvalue weighted by atomic mass is 10.1. The molecule has 0 bridgehead atoms. The molecule has 2 aromatic carbocycles. The minimum atomic E-state index is -0.684. The van der Waals surface area contributed by atoms with Gasteiger partial charge in [-0.3, -0.25) is 4.79 Å². The number of nitrogens with one attached hydrogen (secondary N) is 1. The lowest BCUT2D eigenvalue weighted by molar-refractivity contribution is -0.122. The summed E-state index contributed by atoms with van der Waals surface area (Å²) in [5, 5.41) is 2.68. The van der Waals surface area contributed by atoms with Crippen molar-refractivity contribution in [1.82, 2.24) is 0 Å². The van der Waals surface area contributed by atoms with Crippen LogP contribution in [-0.2, 0) is 20.7 Å². The zero-order chi connectivity index (χ0) is 18.7. The number of benzene rings is 2. The van der Waals surface area contributed by atoms with E-state index in [0.29, 0.717) is 12.2 Å². The van der Waals surface area contributed by atoms with Crippen LogP contribution in [0.4, 0.5) is 5.69 Å². The van der Waals surface area contributed by atoms with Gasteiger partial charge in [0.15, 0.2) is 6.10 Å². The van der Waals surface area contributed by atoms with Gasteiger partial charge in [0.05, 0.1) is 25.3 Å². The fraction of sp³-hybridized carbons (Fsp3) is 0.211. The Balaban J connectivity index is 1.81. The second kappa shape index (κ2) is 7.26. The average Bonchev–Trinajstić information content (AvgIpc) is 3.10. The van der Waals surface area contributed by atoms with Gasteiger partial charge in [-0.15, -0.1) is 0 Å². The van der Waals surface area contributed by atoms with Gasteiger partial charge >= 0.3 is 11.9 Å². The quantitative estimate of drug-likeness (QED) is 0.846. The minimum Gasteiger partial charge on any atom is -0.480 e. The molecule has 1 unspecified atom stereocenters. The number of fused-ring (bicyclic) bond motifs is 1. The van der Waals surface area contributed by atoms with Crippen LogP contribution in [0.3, 0.4) is 0 Å². The normalized spacial score (nSPS) is 14.8. The SMILES string of the molecule is COC(=O)c1cc(NC(=O)C2Cc3ccccc3O2)cc(C(=O)OC)c1. The van der Waals surface area contributed by atoms with Crippen molar-refractivity contribution in [3.05, 3.63) is 59.2 Å². The summed E-state index contributed by atoms with van der Waals surface area (Å²) in [5.74, 6) is -0.961.